The minimum Gasteiger partial charge on any atom is -0.386 e. The first-order valence-electron chi connectivity index (χ1n) is 9.10. The summed E-state index contributed by atoms with van der Waals surface area (Å²) >= 11 is 0. The number of hydrogen-bond donors (Lipinski definition) is 2. The second-order valence-corrected chi connectivity index (χ2v) is 8.32. The van der Waals surface area contributed by atoms with E-state index in [9.17, 15) is 9.90 Å². The van der Waals surface area contributed by atoms with Crippen LogP contribution in [0.4, 0.5) is 0 Å². The molecule has 1 amide bonds. The van der Waals surface area contributed by atoms with Crippen LogP contribution in [-0.2, 0) is 4.79 Å². The van der Waals surface area contributed by atoms with E-state index in [4.69, 9.17) is 0 Å². The van der Waals surface area contributed by atoms with Gasteiger partial charge in [0.05, 0.1) is 12.1 Å². The molecule has 4 aliphatic carbocycles. The van der Waals surface area contributed by atoms with Crippen LogP contribution in [0.3, 0.4) is 0 Å². The molecular formula is C20H27NO2. The number of carbonyl (C=O) groups excluding carboxylic acids is 1. The number of amides is 1. The van der Waals surface area contributed by atoms with E-state index in [2.05, 4.69) is 5.32 Å². The fourth-order valence-electron chi connectivity index (χ4n) is 5.77. The lowest BCUT2D eigenvalue weighted by Crippen LogP contribution is -2.55. The number of aliphatic hydroxyl groups excluding tert-OH is 1. The van der Waals surface area contributed by atoms with Crippen LogP contribution < -0.4 is 5.32 Å². The zero-order chi connectivity index (χ0) is 16.0. The molecule has 3 heteroatoms. The van der Waals surface area contributed by atoms with Crippen molar-refractivity contribution in [2.45, 2.75) is 57.6 Å². The van der Waals surface area contributed by atoms with Crippen LogP contribution in [-0.4, -0.2) is 17.1 Å². The van der Waals surface area contributed by atoms with Crippen molar-refractivity contribution in [3.8, 4) is 0 Å². The molecule has 0 aromatic heterocycles. The first kappa shape index (κ1) is 15.2. The molecule has 4 aliphatic rings. The van der Waals surface area contributed by atoms with Gasteiger partial charge in [-0.3, -0.25) is 4.79 Å². The number of rotatable bonds is 4. The molecular weight excluding hydrogens is 286 g/mol. The molecule has 124 valence electrons. The van der Waals surface area contributed by atoms with Crippen LogP contribution in [0.15, 0.2) is 30.3 Å². The molecule has 1 aromatic carbocycles. The molecule has 2 N–H and O–H groups in total. The van der Waals surface area contributed by atoms with E-state index in [1.54, 1.807) is 0 Å². The van der Waals surface area contributed by atoms with Crippen molar-refractivity contribution in [2.75, 3.05) is 0 Å². The first-order valence-corrected chi connectivity index (χ1v) is 9.10. The molecule has 0 heterocycles. The Morgan fingerprint density at radius 3 is 2.13 bits per heavy atom. The maximum atomic E-state index is 13.0. The van der Waals surface area contributed by atoms with Gasteiger partial charge in [-0.15, -0.1) is 0 Å². The average molecular weight is 313 g/mol. The van der Waals surface area contributed by atoms with Gasteiger partial charge in [0.1, 0.15) is 0 Å². The maximum Gasteiger partial charge on any atom is 0.226 e. The molecule has 0 spiro atoms. The summed E-state index contributed by atoms with van der Waals surface area (Å²) in [5, 5.41) is 13.7. The Morgan fingerprint density at radius 1 is 1.09 bits per heavy atom. The van der Waals surface area contributed by atoms with E-state index in [-0.39, 0.29) is 17.4 Å². The largest absolute Gasteiger partial charge is 0.386 e. The molecule has 0 saturated heterocycles. The minimum atomic E-state index is -0.644. The van der Waals surface area contributed by atoms with Gasteiger partial charge in [0.2, 0.25) is 5.91 Å². The summed E-state index contributed by atoms with van der Waals surface area (Å²) in [6, 6.07) is 9.36. The highest BCUT2D eigenvalue weighted by atomic mass is 16.3. The van der Waals surface area contributed by atoms with Crippen LogP contribution >= 0.6 is 0 Å². The van der Waals surface area contributed by atoms with E-state index < -0.39 is 6.10 Å². The quantitative estimate of drug-likeness (QED) is 0.894. The highest BCUT2D eigenvalue weighted by Gasteiger charge is 2.54. The number of aliphatic hydroxyl groups is 1. The van der Waals surface area contributed by atoms with Crippen LogP contribution in [0.25, 0.3) is 0 Å². The van der Waals surface area contributed by atoms with Gasteiger partial charge in [0.25, 0.3) is 0 Å². The van der Waals surface area contributed by atoms with E-state index >= 15 is 0 Å². The Labute approximate surface area is 138 Å². The second-order valence-electron chi connectivity index (χ2n) is 8.32. The van der Waals surface area contributed by atoms with Gasteiger partial charge >= 0.3 is 0 Å². The van der Waals surface area contributed by atoms with Crippen molar-refractivity contribution in [3.05, 3.63) is 35.9 Å². The maximum absolute atomic E-state index is 13.0. The summed E-state index contributed by atoms with van der Waals surface area (Å²) in [6.45, 7) is 1.91. The van der Waals surface area contributed by atoms with Crippen LogP contribution in [0, 0.1) is 23.2 Å². The smallest absolute Gasteiger partial charge is 0.226 e. The van der Waals surface area contributed by atoms with Gasteiger partial charge < -0.3 is 10.4 Å². The Bertz CT molecular complexity index is 547. The van der Waals surface area contributed by atoms with Gasteiger partial charge in [-0.05, 0) is 68.8 Å². The second kappa shape index (κ2) is 5.62. The SMILES string of the molecule is CC(NC(=O)C12CC3CC(CC(C3)C1)C2)C(O)c1ccccc1. The van der Waals surface area contributed by atoms with Gasteiger partial charge in [0, 0.05) is 5.41 Å². The summed E-state index contributed by atoms with van der Waals surface area (Å²) in [4.78, 5) is 13.0. The van der Waals surface area contributed by atoms with E-state index in [1.165, 1.54) is 19.3 Å². The lowest BCUT2D eigenvalue weighted by atomic mass is 9.49. The average Bonchev–Trinajstić information content (AvgIpc) is 2.53. The van der Waals surface area contributed by atoms with Gasteiger partial charge in [-0.1, -0.05) is 30.3 Å². The van der Waals surface area contributed by atoms with Crippen LogP contribution in [0.5, 0.6) is 0 Å². The number of hydrogen-bond acceptors (Lipinski definition) is 2. The summed E-state index contributed by atoms with van der Waals surface area (Å²) in [6.07, 6.45) is 6.59. The monoisotopic (exact) mass is 313 g/mol. The molecule has 1 aromatic rings. The molecule has 4 bridgehead atoms. The van der Waals surface area contributed by atoms with Crippen LogP contribution in [0.1, 0.15) is 57.1 Å². The highest BCUT2D eigenvalue weighted by Crippen LogP contribution is 2.60. The lowest BCUT2D eigenvalue weighted by molar-refractivity contribution is -0.147. The van der Waals surface area contributed by atoms with Crippen molar-refractivity contribution < 1.29 is 9.90 Å². The Kier molecular flexibility index (Phi) is 3.72. The minimum absolute atomic E-state index is 0.139. The summed E-state index contributed by atoms with van der Waals surface area (Å²) in [5.74, 6) is 2.49. The third-order valence-corrected chi connectivity index (χ3v) is 6.49. The standard InChI is InChI=1S/C20H27NO2/c1-13(18(22)17-5-3-2-4-6-17)21-19(23)20-10-14-7-15(11-20)9-16(8-14)12-20/h2-6,13-16,18,22H,7-12H2,1H3,(H,21,23). The third kappa shape index (κ3) is 2.69. The predicted molar refractivity (Wildman–Crippen MR) is 89.6 cm³/mol. The van der Waals surface area contributed by atoms with Crippen molar-refractivity contribution in [1.29, 1.82) is 0 Å². The van der Waals surface area contributed by atoms with Crippen molar-refractivity contribution >= 4 is 5.91 Å². The Hall–Kier alpha value is -1.35. The van der Waals surface area contributed by atoms with Crippen molar-refractivity contribution in [3.63, 3.8) is 0 Å². The summed E-state index contributed by atoms with van der Waals surface area (Å²) in [7, 11) is 0. The van der Waals surface area contributed by atoms with E-state index in [0.29, 0.717) is 0 Å². The first-order chi connectivity index (χ1) is 11.1. The molecule has 2 atom stereocenters. The van der Waals surface area contributed by atoms with Crippen LogP contribution in [0.2, 0.25) is 0 Å². The van der Waals surface area contributed by atoms with Crippen molar-refractivity contribution in [1.82, 2.24) is 5.32 Å². The number of benzene rings is 1. The molecule has 5 rings (SSSR count). The van der Waals surface area contributed by atoms with Gasteiger partial charge in [-0.2, -0.15) is 0 Å². The fourth-order valence-corrected chi connectivity index (χ4v) is 5.77. The molecule has 2 unspecified atom stereocenters. The zero-order valence-corrected chi connectivity index (χ0v) is 13.9. The molecule has 3 nitrogen and oxygen atoms in total. The normalized spacial score (nSPS) is 37.4. The Morgan fingerprint density at radius 2 is 1.61 bits per heavy atom. The predicted octanol–water partition coefficient (Wildman–Crippen LogP) is 3.44. The number of nitrogens with one attached hydrogen (secondary N) is 1. The molecule has 0 radical (unpaired) electrons. The zero-order valence-electron chi connectivity index (χ0n) is 13.9. The van der Waals surface area contributed by atoms with Gasteiger partial charge in [-0.25, -0.2) is 0 Å². The van der Waals surface area contributed by atoms with E-state index in [1.807, 2.05) is 37.3 Å². The molecule has 4 saturated carbocycles. The Balaban J connectivity index is 1.45. The fraction of sp³-hybridized carbons (Fsp3) is 0.650. The van der Waals surface area contributed by atoms with Gasteiger partial charge in [0.15, 0.2) is 0 Å². The highest BCUT2D eigenvalue weighted by molar-refractivity contribution is 5.83. The van der Waals surface area contributed by atoms with Crippen molar-refractivity contribution in [2.24, 2.45) is 23.2 Å². The lowest BCUT2D eigenvalue weighted by Gasteiger charge is -2.55. The molecule has 23 heavy (non-hydrogen) atoms. The molecule has 0 aliphatic heterocycles. The topological polar surface area (TPSA) is 49.3 Å². The molecule has 4 fully saturated rings. The summed E-state index contributed by atoms with van der Waals surface area (Å²) < 4.78 is 0. The van der Waals surface area contributed by atoms with E-state index in [0.717, 1.165) is 42.6 Å². The number of carbonyl (C=O) groups is 1. The third-order valence-electron chi connectivity index (χ3n) is 6.49. The summed E-state index contributed by atoms with van der Waals surface area (Å²) in [5.41, 5.74) is 0.727.